The second-order valence-electron chi connectivity index (χ2n) is 4.51. The van der Waals surface area contributed by atoms with Gasteiger partial charge < -0.3 is 4.74 Å². The molecule has 4 nitrogen and oxygen atoms in total. The highest BCUT2D eigenvalue weighted by Gasteiger charge is 2.29. The van der Waals surface area contributed by atoms with E-state index in [1.165, 1.54) is 0 Å². The average molecular weight is 300 g/mol. The minimum Gasteiger partial charge on any atom is -0.374 e. The summed E-state index contributed by atoms with van der Waals surface area (Å²) >= 11 is 3.38. The highest BCUT2D eigenvalue weighted by molar-refractivity contribution is 9.10. The first kappa shape index (κ1) is 13.0. The molecule has 3 N–H and O–H groups in total. The molecule has 0 aliphatic carbocycles. The first-order chi connectivity index (χ1) is 8.19. The van der Waals surface area contributed by atoms with Gasteiger partial charge in [-0.05, 0) is 47.8 Å². The Morgan fingerprint density at radius 1 is 1.59 bits per heavy atom. The van der Waals surface area contributed by atoms with Crippen LogP contribution in [0.1, 0.15) is 25.5 Å². The summed E-state index contributed by atoms with van der Waals surface area (Å²) in [5.41, 5.74) is 3.88. The monoisotopic (exact) mass is 299 g/mol. The molecule has 0 amide bonds. The number of halogens is 1. The summed E-state index contributed by atoms with van der Waals surface area (Å²) in [4.78, 5) is 4.36. The molecular weight excluding hydrogens is 282 g/mol. The van der Waals surface area contributed by atoms with E-state index in [2.05, 4.69) is 33.3 Å². The maximum atomic E-state index is 5.83. The molecule has 0 radical (unpaired) electrons. The largest absolute Gasteiger partial charge is 0.374 e. The number of nitrogens with two attached hydrogens (primary N) is 1. The van der Waals surface area contributed by atoms with Gasteiger partial charge in [-0.15, -0.1) is 0 Å². The van der Waals surface area contributed by atoms with Crippen LogP contribution >= 0.6 is 15.9 Å². The van der Waals surface area contributed by atoms with E-state index < -0.39 is 0 Å². The Kier molecular flexibility index (Phi) is 4.50. The average Bonchev–Trinajstić information content (AvgIpc) is 2.75. The lowest BCUT2D eigenvalue weighted by Crippen LogP contribution is -2.45. The molecule has 0 spiro atoms. The van der Waals surface area contributed by atoms with Crippen molar-refractivity contribution in [3.8, 4) is 0 Å². The fourth-order valence-corrected chi connectivity index (χ4v) is 2.41. The number of pyridine rings is 1. The predicted molar refractivity (Wildman–Crippen MR) is 70.3 cm³/mol. The van der Waals surface area contributed by atoms with Gasteiger partial charge in [0.1, 0.15) is 0 Å². The zero-order valence-electron chi connectivity index (χ0n) is 9.90. The van der Waals surface area contributed by atoms with Crippen molar-refractivity contribution < 1.29 is 4.74 Å². The maximum Gasteiger partial charge on any atom is 0.0749 e. The van der Waals surface area contributed by atoms with Gasteiger partial charge in [0.25, 0.3) is 0 Å². The van der Waals surface area contributed by atoms with E-state index in [9.17, 15) is 0 Å². The molecule has 0 aromatic carbocycles. The normalized spacial score (nSPS) is 26.1. The van der Waals surface area contributed by atoms with E-state index in [-0.39, 0.29) is 12.1 Å². The van der Waals surface area contributed by atoms with Crippen molar-refractivity contribution in [3.05, 3.63) is 28.5 Å². The third-order valence-electron chi connectivity index (χ3n) is 3.15. The van der Waals surface area contributed by atoms with Crippen LogP contribution in [0.2, 0.25) is 0 Å². The number of nitrogens with zero attached hydrogens (tertiary/aromatic N) is 1. The summed E-state index contributed by atoms with van der Waals surface area (Å²) in [5, 5.41) is 0. The smallest absolute Gasteiger partial charge is 0.0749 e. The second-order valence-corrected chi connectivity index (χ2v) is 5.42. The van der Waals surface area contributed by atoms with Gasteiger partial charge >= 0.3 is 0 Å². The van der Waals surface area contributed by atoms with Crippen LogP contribution in [0.15, 0.2) is 22.8 Å². The lowest BCUT2D eigenvalue weighted by atomic mass is 10.0. The van der Waals surface area contributed by atoms with Crippen molar-refractivity contribution in [3.63, 3.8) is 0 Å². The number of nitrogens with one attached hydrogen (secondary N) is 1. The predicted octanol–water partition coefficient (Wildman–Crippen LogP) is 1.79. The van der Waals surface area contributed by atoms with E-state index in [1.54, 1.807) is 6.20 Å². The van der Waals surface area contributed by atoms with Crippen LogP contribution in [0.3, 0.4) is 0 Å². The van der Waals surface area contributed by atoms with Crippen molar-refractivity contribution in [1.82, 2.24) is 10.4 Å². The number of hydrogen-bond donors (Lipinski definition) is 2. The molecule has 1 aliphatic heterocycles. The topological polar surface area (TPSA) is 60.2 Å². The molecule has 0 saturated carbocycles. The molecule has 1 fully saturated rings. The van der Waals surface area contributed by atoms with Gasteiger partial charge in [0.2, 0.25) is 0 Å². The van der Waals surface area contributed by atoms with Crippen molar-refractivity contribution in [2.75, 3.05) is 0 Å². The molecule has 2 rings (SSSR count). The number of hydrogen-bond acceptors (Lipinski definition) is 4. The Morgan fingerprint density at radius 2 is 2.41 bits per heavy atom. The molecule has 5 heteroatoms. The Balaban J connectivity index is 1.97. The third-order valence-corrected chi connectivity index (χ3v) is 3.61. The number of rotatable bonds is 4. The molecule has 1 saturated heterocycles. The van der Waals surface area contributed by atoms with E-state index in [4.69, 9.17) is 10.6 Å². The Bertz CT molecular complexity index is 357. The van der Waals surface area contributed by atoms with Gasteiger partial charge in [-0.2, -0.15) is 0 Å². The van der Waals surface area contributed by atoms with Crippen LogP contribution in [-0.2, 0) is 11.2 Å². The van der Waals surface area contributed by atoms with E-state index >= 15 is 0 Å². The van der Waals surface area contributed by atoms with Gasteiger partial charge in [0.15, 0.2) is 0 Å². The van der Waals surface area contributed by atoms with E-state index in [1.807, 2.05) is 12.1 Å². The van der Waals surface area contributed by atoms with Gasteiger partial charge in [-0.25, -0.2) is 0 Å². The van der Waals surface area contributed by atoms with Crippen LogP contribution in [0.25, 0.3) is 0 Å². The fourth-order valence-electron chi connectivity index (χ4n) is 2.18. The summed E-state index contributed by atoms with van der Waals surface area (Å²) in [7, 11) is 0. The van der Waals surface area contributed by atoms with Crippen LogP contribution in [0, 0.1) is 0 Å². The first-order valence-corrected chi connectivity index (χ1v) is 6.70. The molecular formula is C12H18BrN3O. The zero-order valence-corrected chi connectivity index (χ0v) is 11.5. The molecule has 17 heavy (non-hydrogen) atoms. The fraction of sp³-hybridized carbons (Fsp3) is 0.583. The van der Waals surface area contributed by atoms with E-state index in [0.29, 0.717) is 6.10 Å². The highest BCUT2D eigenvalue weighted by Crippen LogP contribution is 2.23. The standard InChI is InChI=1S/C12H18BrN3O/c1-8-2-5-12(17-8)11(16-14)6-10-4-3-9(13)7-15-10/h3-4,7-8,11-12,16H,2,5-6,14H2,1H3. The summed E-state index contributed by atoms with van der Waals surface area (Å²) in [6.45, 7) is 2.10. The minimum atomic E-state index is 0.133. The summed E-state index contributed by atoms with van der Waals surface area (Å²) < 4.78 is 6.82. The highest BCUT2D eigenvalue weighted by atomic mass is 79.9. The van der Waals surface area contributed by atoms with Gasteiger partial charge in [-0.1, -0.05) is 0 Å². The number of hydrazine groups is 1. The summed E-state index contributed by atoms with van der Waals surface area (Å²) in [5.74, 6) is 5.61. The molecule has 3 unspecified atom stereocenters. The molecule has 1 aromatic rings. The van der Waals surface area contributed by atoms with Crippen LogP contribution in [0.4, 0.5) is 0 Å². The molecule has 3 atom stereocenters. The SMILES string of the molecule is CC1CCC(C(Cc2ccc(Br)cn2)NN)O1. The van der Waals surface area contributed by atoms with Crippen molar-refractivity contribution in [1.29, 1.82) is 0 Å². The Hall–Kier alpha value is -0.490. The minimum absolute atomic E-state index is 0.133. The zero-order chi connectivity index (χ0) is 12.3. The summed E-state index contributed by atoms with van der Waals surface area (Å²) in [6, 6.07) is 4.13. The van der Waals surface area contributed by atoms with E-state index in [0.717, 1.165) is 29.4 Å². The van der Waals surface area contributed by atoms with Gasteiger partial charge in [0, 0.05) is 22.8 Å². The second kappa shape index (κ2) is 5.91. The Morgan fingerprint density at radius 3 is 2.94 bits per heavy atom. The van der Waals surface area contributed by atoms with Gasteiger partial charge in [-0.3, -0.25) is 16.3 Å². The number of ether oxygens (including phenoxy) is 1. The molecule has 0 bridgehead atoms. The van der Waals surface area contributed by atoms with Crippen LogP contribution in [-0.4, -0.2) is 23.2 Å². The lowest BCUT2D eigenvalue weighted by Gasteiger charge is -2.22. The molecule has 1 aromatic heterocycles. The van der Waals surface area contributed by atoms with Crippen molar-refractivity contribution in [2.45, 2.75) is 44.4 Å². The molecule has 1 aliphatic rings. The lowest BCUT2D eigenvalue weighted by molar-refractivity contribution is 0.0318. The third kappa shape index (κ3) is 3.48. The quantitative estimate of drug-likeness (QED) is 0.657. The van der Waals surface area contributed by atoms with Crippen molar-refractivity contribution >= 4 is 15.9 Å². The number of aromatic nitrogens is 1. The molecule has 2 heterocycles. The Labute approximate surface area is 110 Å². The van der Waals surface area contributed by atoms with Gasteiger partial charge in [0.05, 0.1) is 18.2 Å². The summed E-state index contributed by atoms with van der Waals surface area (Å²) in [6.07, 6.45) is 5.31. The van der Waals surface area contributed by atoms with Crippen molar-refractivity contribution in [2.24, 2.45) is 5.84 Å². The van der Waals surface area contributed by atoms with Crippen LogP contribution in [0.5, 0.6) is 0 Å². The first-order valence-electron chi connectivity index (χ1n) is 5.91. The van der Waals surface area contributed by atoms with Crippen LogP contribution < -0.4 is 11.3 Å². The molecule has 94 valence electrons. The maximum absolute atomic E-state index is 5.83.